The number of aromatic carboxylic acids is 1. The molecule has 9 nitrogen and oxygen atoms in total. The Morgan fingerprint density at radius 3 is 2.37 bits per heavy atom. The summed E-state index contributed by atoms with van der Waals surface area (Å²) in [5.74, 6) is -2.54. The van der Waals surface area contributed by atoms with Gasteiger partial charge >= 0.3 is 18.1 Å². The Bertz CT molecular complexity index is 1040. The first-order valence-corrected chi connectivity index (χ1v) is 8.60. The van der Waals surface area contributed by atoms with Gasteiger partial charge in [-0.3, -0.25) is 0 Å². The molecular formula is C18H18F3N5O4. The summed E-state index contributed by atoms with van der Waals surface area (Å²) in [7, 11) is 2.00. The third-order valence-corrected chi connectivity index (χ3v) is 3.89. The Morgan fingerprint density at radius 1 is 1.13 bits per heavy atom. The molecule has 160 valence electrons. The summed E-state index contributed by atoms with van der Waals surface area (Å²) < 4.78 is 33.8. The van der Waals surface area contributed by atoms with E-state index in [2.05, 4.69) is 24.8 Å². The van der Waals surface area contributed by atoms with Crippen LogP contribution in [0.5, 0.6) is 0 Å². The number of carboxylic acid groups (broad SMARTS) is 2. The number of hydrogen-bond acceptors (Lipinski definition) is 6. The molecule has 0 bridgehead atoms. The summed E-state index contributed by atoms with van der Waals surface area (Å²) in [6.07, 6.45) is -0.637. The van der Waals surface area contributed by atoms with Crippen LogP contribution in [0.25, 0.3) is 11.0 Å². The maximum atomic E-state index is 11.1. The van der Waals surface area contributed by atoms with E-state index in [4.69, 9.17) is 15.0 Å². The molecule has 0 saturated heterocycles. The number of alkyl halides is 3. The molecule has 3 rings (SSSR count). The standard InChI is InChI=1S/C16H17N5O2.C2HF3O2/c1-21-12-6-3-2-5-11(12)20-13(21)7-4-8-18-15-14(16(22)23)17-9-10-19-15;3-2(4,5)1(6)7/h2-3,5-6,9-10H,4,7-8H2,1H3,(H,18,19)(H,22,23);(H,6,7). The van der Waals surface area contributed by atoms with Crippen molar-refractivity contribution in [2.75, 3.05) is 11.9 Å². The largest absolute Gasteiger partial charge is 0.490 e. The number of fused-ring (bicyclic) bond motifs is 1. The van der Waals surface area contributed by atoms with Gasteiger partial charge < -0.3 is 20.1 Å². The molecule has 3 N–H and O–H groups in total. The maximum absolute atomic E-state index is 11.1. The van der Waals surface area contributed by atoms with Crippen LogP contribution in [0.1, 0.15) is 22.7 Å². The molecule has 2 aromatic heterocycles. The molecule has 0 aliphatic carbocycles. The van der Waals surface area contributed by atoms with Gasteiger partial charge in [-0.2, -0.15) is 13.2 Å². The zero-order valence-corrected chi connectivity index (χ0v) is 15.7. The van der Waals surface area contributed by atoms with Crippen molar-refractivity contribution in [3.63, 3.8) is 0 Å². The maximum Gasteiger partial charge on any atom is 0.490 e. The van der Waals surface area contributed by atoms with E-state index < -0.39 is 18.1 Å². The van der Waals surface area contributed by atoms with Crippen LogP contribution in [-0.2, 0) is 18.3 Å². The molecule has 0 atom stereocenters. The lowest BCUT2D eigenvalue weighted by atomic mass is 10.3. The number of aryl methyl sites for hydroxylation is 2. The number of nitrogens with zero attached hydrogens (tertiary/aromatic N) is 4. The summed E-state index contributed by atoms with van der Waals surface area (Å²) in [5.41, 5.74) is 2.04. The number of carbonyl (C=O) groups is 2. The highest BCUT2D eigenvalue weighted by Gasteiger charge is 2.38. The van der Waals surface area contributed by atoms with E-state index in [9.17, 15) is 18.0 Å². The number of carboxylic acids is 2. The van der Waals surface area contributed by atoms with Crippen molar-refractivity contribution >= 4 is 28.8 Å². The van der Waals surface area contributed by atoms with Crippen LogP contribution in [0.4, 0.5) is 19.0 Å². The van der Waals surface area contributed by atoms with Gasteiger partial charge in [-0.1, -0.05) is 12.1 Å². The van der Waals surface area contributed by atoms with Crippen molar-refractivity contribution in [1.82, 2.24) is 19.5 Å². The Kier molecular flexibility index (Phi) is 7.28. The van der Waals surface area contributed by atoms with Crippen molar-refractivity contribution in [3.8, 4) is 0 Å². The number of halogens is 3. The summed E-state index contributed by atoms with van der Waals surface area (Å²) in [6.45, 7) is 0.599. The van der Waals surface area contributed by atoms with Gasteiger partial charge in [0, 0.05) is 32.4 Å². The SMILES string of the molecule is Cn1c(CCCNc2nccnc2C(=O)O)nc2ccccc21.O=C(O)C(F)(F)F. The van der Waals surface area contributed by atoms with E-state index in [0.29, 0.717) is 12.4 Å². The lowest BCUT2D eigenvalue weighted by Crippen LogP contribution is -2.21. The van der Waals surface area contributed by atoms with Crippen LogP contribution in [-0.4, -0.2) is 54.4 Å². The minimum absolute atomic E-state index is 0.0600. The van der Waals surface area contributed by atoms with Crippen molar-refractivity contribution < 1.29 is 33.0 Å². The third kappa shape index (κ3) is 5.90. The fourth-order valence-electron chi connectivity index (χ4n) is 2.50. The van der Waals surface area contributed by atoms with Crippen molar-refractivity contribution in [3.05, 3.63) is 48.2 Å². The minimum Gasteiger partial charge on any atom is -0.476 e. The van der Waals surface area contributed by atoms with Gasteiger partial charge in [-0.15, -0.1) is 0 Å². The smallest absolute Gasteiger partial charge is 0.476 e. The van der Waals surface area contributed by atoms with Gasteiger partial charge in [0.05, 0.1) is 11.0 Å². The minimum atomic E-state index is -5.08. The molecule has 0 fully saturated rings. The number of anilines is 1. The van der Waals surface area contributed by atoms with Crippen molar-refractivity contribution in [2.24, 2.45) is 7.05 Å². The molecule has 0 saturated carbocycles. The van der Waals surface area contributed by atoms with E-state index >= 15 is 0 Å². The number of nitrogens with one attached hydrogen (secondary N) is 1. The Labute approximate surface area is 168 Å². The fraction of sp³-hybridized carbons (Fsp3) is 0.278. The normalized spacial score (nSPS) is 10.9. The molecule has 30 heavy (non-hydrogen) atoms. The van der Waals surface area contributed by atoms with Crippen LogP contribution in [0, 0.1) is 0 Å². The number of benzene rings is 1. The topological polar surface area (TPSA) is 130 Å². The van der Waals surface area contributed by atoms with Gasteiger partial charge in [-0.25, -0.2) is 24.5 Å². The number of aromatic nitrogens is 4. The van der Waals surface area contributed by atoms with Crippen molar-refractivity contribution in [2.45, 2.75) is 19.0 Å². The first kappa shape index (κ1) is 22.6. The van der Waals surface area contributed by atoms with Crippen molar-refractivity contribution in [1.29, 1.82) is 0 Å². The van der Waals surface area contributed by atoms with E-state index in [1.807, 2.05) is 31.3 Å². The second-order valence-electron chi connectivity index (χ2n) is 5.97. The Balaban J connectivity index is 0.000000396. The average molecular weight is 425 g/mol. The number of imidazole rings is 1. The van der Waals surface area contributed by atoms with Gasteiger partial charge in [0.2, 0.25) is 0 Å². The van der Waals surface area contributed by atoms with Gasteiger partial charge in [0.25, 0.3) is 0 Å². The Morgan fingerprint density at radius 2 is 1.77 bits per heavy atom. The highest BCUT2D eigenvalue weighted by molar-refractivity contribution is 5.90. The molecule has 0 radical (unpaired) electrons. The average Bonchev–Trinajstić information content (AvgIpc) is 3.01. The number of para-hydroxylation sites is 2. The monoisotopic (exact) mass is 425 g/mol. The first-order chi connectivity index (χ1) is 14.1. The molecule has 0 unspecified atom stereocenters. The lowest BCUT2D eigenvalue weighted by Gasteiger charge is -2.07. The number of hydrogen-bond donors (Lipinski definition) is 3. The zero-order valence-electron chi connectivity index (χ0n) is 15.7. The van der Waals surface area contributed by atoms with Crippen LogP contribution in [0.15, 0.2) is 36.7 Å². The molecular weight excluding hydrogens is 407 g/mol. The number of aliphatic carboxylic acids is 1. The summed E-state index contributed by atoms with van der Waals surface area (Å²) in [4.78, 5) is 32.4. The molecule has 2 heterocycles. The molecule has 0 amide bonds. The second-order valence-corrected chi connectivity index (χ2v) is 5.97. The fourth-order valence-corrected chi connectivity index (χ4v) is 2.50. The highest BCUT2D eigenvalue weighted by atomic mass is 19.4. The van der Waals surface area contributed by atoms with Crippen LogP contribution < -0.4 is 5.32 Å². The van der Waals surface area contributed by atoms with Gasteiger partial charge in [0.1, 0.15) is 5.82 Å². The molecule has 12 heteroatoms. The molecule has 0 aliphatic heterocycles. The first-order valence-electron chi connectivity index (χ1n) is 8.60. The predicted octanol–water partition coefficient (Wildman–Crippen LogP) is 2.74. The molecule has 0 aliphatic rings. The van der Waals surface area contributed by atoms with Crippen LogP contribution in [0.2, 0.25) is 0 Å². The lowest BCUT2D eigenvalue weighted by molar-refractivity contribution is -0.192. The molecule has 1 aromatic carbocycles. The van der Waals surface area contributed by atoms with E-state index in [0.717, 1.165) is 29.7 Å². The summed E-state index contributed by atoms with van der Waals surface area (Å²) in [6, 6.07) is 8.01. The zero-order chi connectivity index (χ0) is 22.3. The Hall–Kier alpha value is -3.70. The second kappa shape index (κ2) is 9.67. The van der Waals surface area contributed by atoms with Crippen LogP contribution in [0.3, 0.4) is 0 Å². The molecule has 0 spiro atoms. The van der Waals surface area contributed by atoms with E-state index in [1.165, 1.54) is 12.4 Å². The predicted molar refractivity (Wildman–Crippen MR) is 100 cm³/mol. The summed E-state index contributed by atoms with van der Waals surface area (Å²) >= 11 is 0. The van der Waals surface area contributed by atoms with Crippen LogP contribution >= 0.6 is 0 Å². The summed E-state index contributed by atoms with van der Waals surface area (Å²) in [5, 5.41) is 19.2. The molecule has 3 aromatic rings. The van der Waals surface area contributed by atoms with E-state index in [1.54, 1.807) is 0 Å². The highest BCUT2D eigenvalue weighted by Crippen LogP contribution is 2.15. The number of rotatable bonds is 6. The quantitative estimate of drug-likeness (QED) is 0.514. The van der Waals surface area contributed by atoms with E-state index in [-0.39, 0.29) is 5.69 Å². The van der Waals surface area contributed by atoms with Gasteiger partial charge in [0.15, 0.2) is 11.5 Å². The third-order valence-electron chi connectivity index (χ3n) is 3.89. The van der Waals surface area contributed by atoms with Gasteiger partial charge in [-0.05, 0) is 18.6 Å².